The molecule has 1 saturated heterocycles. The Morgan fingerprint density at radius 1 is 1.44 bits per heavy atom. The number of nitriles is 1. The van der Waals surface area contributed by atoms with Crippen molar-refractivity contribution in [3.05, 3.63) is 28.7 Å². The molecule has 0 bridgehead atoms. The van der Waals surface area contributed by atoms with E-state index in [0.717, 1.165) is 11.3 Å². The summed E-state index contributed by atoms with van der Waals surface area (Å²) in [5, 5.41) is 22.0. The van der Waals surface area contributed by atoms with Crippen LogP contribution in [0, 0.1) is 25.2 Å². The van der Waals surface area contributed by atoms with Gasteiger partial charge in [0.15, 0.2) is 0 Å². The van der Waals surface area contributed by atoms with Crippen molar-refractivity contribution in [2.24, 2.45) is 0 Å². The van der Waals surface area contributed by atoms with Crippen LogP contribution < -0.4 is 4.90 Å². The molecule has 1 unspecified atom stereocenters. The quantitative estimate of drug-likeness (QED) is 0.785. The lowest BCUT2D eigenvalue weighted by molar-refractivity contribution is 0.0334. The molecule has 0 amide bonds. The zero-order valence-corrected chi connectivity index (χ0v) is 14.6. The fourth-order valence-corrected chi connectivity index (χ4v) is 2.83. The maximum Gasteiger partial charge on any atom is 0.205 e. The molecule has 1 fully saturated rings. The van der Waals surface area contributed by atoms with Crippen LogP contribution in [0.25, 0.3) is 0 Å². The number of anilines is 1. The number of rotatable bonds is 5. The Hall–Kier alpha value is -2.57. The van der Waals surface area contributed by atoms with Gasteiger partial charge in [0.25, 0.3) is 0 Å². The van der Waals surface area contributed by atoms with E-state index in [2.05, 4.69) is 31.4 Å². The monoisotopic (exact) mass is 343 g/mol. The molecule has 2 aromatic rings. The van der Waals surface area contributed by atoms with Gasteiger partial charge in [-0.3, -0.25) is 0 Å². The number of ether oxygens (including phenoxy) is 2. The third-order valence-electron chi connectivity index (χ3n) is 4.06. The number of nitrogens with zero attached hydrogens (tertiary/aromatic N) is 7. The number of hydrogen-bond donors (Lipinski definition) is 0. The van der Waals surface area contributed by atoms with Crippen molar-refractivity contribution in [1.29, 1.82) is 5.26 Å². The van der Waals surface area contributed by atoms with Gasteiger partial charge in [-0.1, -0.05) is 0 Å². The first-order chi connectivity index (χ1) is 12.1. The van der Waals surface area contributed by atoms with Crippen molar-refractivity contribution >= 4 is 5.82 Å². The third kappa shape index (κ3) is 3.75. The van der Waals surface area contributed by atoms with E-state index in [0.29, 0.717) is 50.1 Å². The summed E-state index contributed by atoms with van der Waals surface area (Å²) in [6.45, 7) is 6.62. The van der Waals surface area contributed by atoms with Gasteiger partial charge in [0.05, 0.1) is 31.9 Å². The minimum absolute atomic E-state index is 0.306. The number of hydrogen-bond acceptors (Lipinski definition) is 8. The Morgan fingerprint density at radius 3 is 3.04 bits per heavy atom. The molecular weight excluding hydrogens is 322 g/mol. The Balaban J connectivity index is 1.80. The molecule has 0 aliphatic carbocycles. The third-order valence-corrected chi connectivity index (χ3v) is 4.06. The van der Waals surface area contributed by atoms with E-state index < -0.39 is 0 Å². The second kappa shape index (κ2) is 7.55. The van der Waals surface area contributed by atoms with E-state index in [-0.39, 0.29) is 6.10 Å². The Labute approximate surface area is 146 Å². The van der Waals surface area contributed by atoms with Gasteiger partial charge in [-0.15, -0.1) is 10.2 Å². The van der Waals surface area contributed by atoms with Crippen molar-refractivity contribution in [2.75, 3.05) is 38.3 Å². The van der Waals surface area contributed by atoms with Crippen molar-refractivity contribution in [2.45, 2.75) is 26.5 Å². The SMILES string of the molecule is COCCn1nnc(C2CN(c3nc(C)cc(C)c3C#N)CCO2)n1. The lowest BCUT2D eigenvalue weighted by atomic mass is 10.1. The highest BCUT2D eigenvalue weighted by Crippen LogP contribution is 2.27. The second-order valence-corrected chi connectivity index (χ2v) is 5.93. The van der Waals surface area contributed by atoms with E-state index in [4.69, 9.17) is 9.47 Å². The van der Waals surface area contributed by atoms with Gasteiger partial charge in [-0.2, -0.15) is 10.1 Å². The minimum Gasteiger partial charge on any atom is -0.383 e. The predicted molar refractivity (Wildman–Crippen MR) is 89.0 cm³/mol. The summed E-state index contributed by atoms with van der Waals surface area (Å²) in [7, 11) is 1.63. The van der Waals surface area contributed by atoms with Crippen LogP contribution >= 0.6 is 0 Å². The van der Waals surface area contributed by atoms with Crippen LogP contribution in [0.3, 0.4) is 0 Å². The fourth-order valence-electron chi connectivity index (χ4n) is 2.83. The molecule has 3 rings (SSSR count). The van der Waals surface area contributed by atoms with Crippen LogP contribution in [0.4, 0.5) is 5.82 Å². The topological polar surface area (TPSA) is 102 Å². The molecule has 9 nitrogen and oxygen atoms in total. The fraction of sp³-hybridized carbons (Fsp3) is 0.562. The average Bonchev–Trinajstić information content (AvgIpc) is 3.08. The van der Waals surface area contributed by atoms with E-state index >= 15 is 0 Å². The van der Waals surface area contributed by atoms with Crippen molar-refractivity contribution in [3.63, 3.8) is 0 Å². The highest BCUT2D eigenvalue weighted by atomic mass is 16.5. The molecule has 0 spiro atoms. The summed E-state index contributed by atoms with van der Waals surface area (Å²) in [4.78, 5) is 8.13. The normalized spacial score (nSPS) is 17.5. The molecule has 1 aliphatic rings. The Kier molecular flexibility index (Phi) is 5.21. The lowest BCUT2D eigenvalue weighted by Gasteiger charge is -2.33. The Morgan fingerprint density at radius 2 is 2.28 bits per heavy atom. The molecule has 9 heteroatoms. The van der Waals surface area contributed by atoms with Gasteiger partial charge in [-0.05, 0) is 30.7 Å². The summed E-state index contributed by atoms with van der Waals surface area (Å²) in [6.07, 6.45) is -0.306. The highest BCUT2D eigenvalue weighted by Gasteiger charge is 2.28. The number of tetrazole rings is 1. The standard InChI is InChI=1S/C16H21N7O2/c1-11-8-12(2)18-16(13(11)9-17)22-4-7-25-14(10-22)15-19-21-23(20-15)5-6-24-3/h8,14H,4-7,10H2,1-3H3. The second-order valence-electron chi connectivity index (χ2n) is 5.93. The minimum atomic E-state index is -0.306. The molecular formula is C16H21N7O2. The molecule has 25 heavy (non-hydrogen) atoms. The molecule has 0 aromatic carbocycles. The van der Waals surface area contributed by atoms with E-state index in [1.165, 1.54) is 4.80 Å². The molecule has 1 aliphatic heterocycles. The molecule has 3 heterocycles. The van der Waals surface area contributed by atoms with Gasteiger partial charge in [0.1, 0.15) is 18.0 Å². The van der Waals surface area contributed by atoms with Crippen molar-refractivity contribution in [3.8, 4) is 6.07 Å². The predicted octanol–water partition coefficient (Wildman–Crippen LogP) is 0.781. The smallest absolute Gasteiger partial charge is 0.205 e. The summed E-state index contributed by atoms with van der Waals surface area (Å²) in [6, 6.07) is 4.18. The number of aryl methyl sites for hydroxylation is 2. The molecule has 1 atom stereocenters. The summed E-state index contributed by atoms with van der Waals surface area (Å²) in [5.41, 5.74) is 2.41. The van der Waals surface area contributed by atoms with Crippen LogP contribution in [-0.4, -0.2) is 58.6 Å². The molecule has 132 valence electrons. The van der Waals surface area contributed by atoms with Gasteiger partial charge >= 0.3 is 0 Å². The van der Waals surface area contributed by atoms with Gasteiger partial charge < -0.3 is 14.4 Å². The number of methoxy groups -OCH3 is 1. The molecule has 0 radical (unpaired) electrons. The molecule has 0 saturated carbocycles. The highest BCUT2D eigenvalue weighted by molar-refractivity contribution is 5.58. The molecule has 2 aromatic heterocycles. The van der Waals surface area contributed by atoms with E-state index in [1.807, 2.05) is 19.9 Å². The largest absolute Gasteiger partial charge is 0.383 e. The summed E-state index contributed by atoms with van der Waals surface area (Å²) >= 11 is 0. The zero-order valence-electron chi connectivity index (χ0n) is 14.6. The Bertz CT molecular complexity index is 783. The van der Waals surface area contributed by atoms with E-state index in [9.17, 15) is 5.26 Å². The van der Waals surface area contributed by atoms with Gasteiger partial charge in [0.2, 0.25) is 5.82 Å². The van der Waals surface area contributed by atoms with Gasteiger partial charge in [0, 0.05) is 19.3 Å². The maximum absolute atomic E-state index is 9.49. The zero-order chi connectivity index (χ0) is 17.8. The number of morpholine rings is 1. The van der Waals surface area contributed by atoms with Crippen LogP contribution in [0.2, 0.25) is 0 Å². The maximum atomic E-state index is 9.49. The van der Waals surface area contributed by atoms with E-state index in [1.54, 1.807) is 7.11 Å². The number of aromatic nitrogens is 5. The van der Waals surface area contributed by atoms with Crippen LogP contribution in [0.5, 0.6) is 0 Å². The first-order valence-electron chi connectivity index (χ1n) is 8.14. The van der Waals surface area contributed by atoms with Crippen molar-refractivity contribution in [1.82, 2.24) is 25.2 Å². The summed E-state index contributed by atoms with van der Waals surface area (Å²) < 4.78 is 10.8. The lowest BCUT2D eigenvalue weighted by Crippen LogP contribution is -2.40. The van der Waals surface area contributed by atoms with Crippen LogP contribution in [-0.2, 0) is 16.0 Å². The first-order valence-corrected chi connectivity index (χ1v) is 8.14. The van der Waals surface area contributed by atoms with Crippen molar-refractivity contribution < 1.29 is 9.47 Å². The van der Waals surface area contributed by atoms with Crippen LogP contribution in [0.1, 0.15) is 28.7 Å². The first kappa shape index (κ1) is 17.3. The average molecular weight is 343 g/mol. The van der Waals surface area contributed by atoms with Gasteiger partial charge in [-0.25, -0.2) is 4.98 Å². The molecule has 0 N–H and O–H groups in total. The van der Waals surface area contributed by atoms with Crippen LogP contribution in [0.15, 0.2) is 6.07 Å². The summed E-state index contributed by atoms with van der Waals surface area (Å²) in [5.74, 6) is 1.23. The number of pyridine rings is 1.